The highest BCUT2D eigenvalue weighted by molar-refractivity contribution is 14.1. The summed E-state index contributed by atoms with van der Waals surface area (Å²) in [4.78, 5) is 0. The van der Waals surface area contributed by atoms with Gasteiger partial charge >= 0.3 is 0 Å². The standard InChI is InChI=1S/C10H9ClIN3S/c1-13-5-9-14-15-10(16-9)7-4-6(11)2-3-8(7)12/h2-4,13H,5H2,1H3. The number of halogens is 2. The van der Waals surface area contributed by atoms with Gasteiger partial charge in [-0.1, -0.05) is 22.9 Å². The molecule has 2 aromatic rings. The number of hydrogen-bond acceptors (Lipinski definition) is 4. The molecule has 0 amide bonds. The van der Waals surface area contributed by atoms with Crippen LogP contribution in [0.5, 0.6) is 0 Å². The molecule has 1 aromatic heterocycles. The van der Waals surface area contributed by atoms with Crippen LogP contribution in [-0.4, -0.2) is 17.2 Å². The SMILES string of the molecule is CNCc1nnc(-c2cc(Cl)ccc2I)s1. The summed E-state index contributed by atoms with van der Waals surface area (Å²) in [6, 6.07) is 5.78. The minimum absolute atomic E-state index is 0.723. The number of rotatable bonds is 3. The average molecular weight is 366 g/mol. The predicted octanol–water partition coefficient (Wildman–Crippen LogP) is 3.18. The Hall–Kier alpha value is -0.240. The van der Waals surface area contributed by atoms with Crippen LogP contribution in [0.1, 0.15) is 5.01 Å². The fourth-order valence-corrected chi connectivity index (χ4v) is 3.07. The van der Waals surface area contributed by atoms with Gasteiger partial charge in [0.2, 0.25) is 0 Å². The topological polar surface area (TPSA) is 37.8 Å². The zero-order valence-electron chi connectivity index (χ0n) is 8.50. The van der Waals surface area contributed by atoms with E-state index >= 15 is 0 Å². The van der Waals surface area contributed by atoms with Crippen LogP contribution < -0.4 is 5.32 Å². The molecule has 0 aliphatic rings. The first-order valence-corrected chi connectivity index (χ1v) is 6.90. The van der Waals surface area contributed by atoms with Gasteiger partial charge in [0.25, 0.3) is 0 Å². The summed E-state index contributed by atoms with van der Waals surface area (Å²) in [7, 11) is 1.89. The quantitative estimate of drug-likeness (QED) is 0.849. The fraction of sp³-hybridized carbons (Fsp3) is 0.200. The van der Waals surface area contributed by atoms with Crippen LogP contribution in [0.15, 0.2) is 18.2 Å². The minimum Gasteiger partial charge on any atom is -0.313 e. The van der Waals surface area contributed by atoms with Crippen molar-refractivity contribution in [2.45, 2.75) is 6.54 Å². The van der Waals surface area contributed by atoms with Gasteiger partial charge in [-0.3, -0.25) is 0 Å². The second-order valence-corrected chi connectivity index (χ2v) is 5.82. The molecule has 1 aromatic carbocycles. The Balaban J connectivity index is 2.38. The fourth-order valence-electron chi connectivity index (χ4n) is 1.25. The Morgan fingerprint density at radius 2 is 2.25 bits per heavy atom. The van der Waals surface area contributed by atoms with Gasteiger partial charge in [-0.05, 0) is 47.8 Å². The summed E-state index contributed by atoms with van der Waals surface area (Å²) in [5, 5.41) is 14.0. The summed E-state index contributed by atoms with van der Waals surface area (Å²) in [6.07, 6.45) is 0. The van der Waals surface area contributed by atoms with E-state index in [1.165, 1.54) is 0 Å². The van der Waals surface area contributed by atoms with Crippen LogP contribution in [0, 0.1) is 3.57 Å². The molecule has 2 rings (SSSR count). The van der Waals surface area contributed by atoms with Crippen LogP contribution >= 0.6 is 45.5 Å². The lowest BCUT2D eigenvalue weighted by molar-refractivity contribution is 0.795. The summed E-state index contributed by atoms with van der Waals surface area (Å²) < 4.78 is 1.13. The van der Waals surface area contributed by atoms with E-state index in [9.17, 15) is 0 Å². The van der Waals surface area contributed by atoms with Crippen LogP contribution in [0.4, 0.5) is 0 Å². The summed E-state index contributed by atoms with van der Waals surface area (Å²) in [6.45, 7) is 0.745. The van der Waals surface area contributed by atoms with Crippen molar-refractivity contribution in [3.05, 3.63) is 31.8 Å². The molecule has 0 spiro atoms. The van der Waals surface area contributed by atoms with Gasteiger partial charge in [0.15, 0.2) is 0 Å². The van der Waals surface area contributed by atoms with Crippen molar-refractivity contribution >= 4 is 45.5 Å². The highest BCUT2D eigenvalue weighted by Gasteiger charge is 2.09. The Morgan fingerprint density at radius 1 is 1.44 bits per heavy atom. The molecular weight excluding hydrogens is 357 g/mol. The van der Waals surface area contributed by atoms with E-state index in [4.69, 9.17) is 11.6 Å². The number of nitrogens with one attached hydrogen (secondary N) is 1. The van der Waals surface area contributed by atoms with Crippen molar-refractivity contribution in [2.24, 2.45) is 0 Å². The number of nitrogens with zero attached hydrogens (tertiary/aromatic N) is 2. The third-order valence-electron chi connectivity index (χ3n) is 1.95. The molecule has 84 valence electrons. The maximum atomic E-state index is 5.98. The zero-order valence-corrected chi connectivity index (χ0v) is 12.2. The molecule has 3 nitrogen and oxygen atoms in total. The number of hydrogen-bond donors (Lipinski definition) is 1. The van der Waals surface area contributed by atoms with Crippen LogP contribution in [0.25, 0.3) is 10.6 Å². The molecule has 0 fully saturated rings. The van der Waals surface area contributed by atoms with Gasteiger partial charge in [-0.2, -0.15) is 0 Å². The van der Waals surface area contributed by atoms with Crippen molar-refractivity contribution < 1.29 is 0 Å². The van der Waals surface area contributed by atoms with Gasteiger partial charge < -0.3 is 5.32 Å². The molecule has 0 atom stereocenters. The highest BCUT2D eigenvalue weighted by atomic mass is 127. The van der Waals surface area contributed by atoms with Crippen molar-refractivity contribution in [1.29, 1.82) is 0 Å². The second-order valence-electron chi connectivity index (χ2n) is 3.16. The third kappa shape index (κ3) is 2.71. The molecule has 0 saturated carbocycles. The third-order valence-corrected chi connectivity index (χ3v) is 4.09. The van der Waals surface area contributed by atoms with E-state index in [1.807, 2.05) is 25.2 Å². The van der Waals surface area contributed by atoms with Gasteiger partial charge in [0.1, 0.15) is 10.0 Å². The van der Waals surface area contributed by atoms with E-state index in [1.54, 1.807) is 11.3 Å². The van der Waals surface area contributed by atoms with Gasteiger partial charge in [0.05, 0.1) is 0 Å². The monoisotopic (exact) mass is 365 g/mol. The largest absolute Gasteiger partial charge is 0.313 e. The molecule has 0 saturated heterocycles. The first kappa shape index (κ1) is 12.2. The van der Waals surface area contributed by atoms with Crippen molar-refractivity contribution in [3.8, 4) is 10.6 Å². The lowest BCUT2D eigenvalue weighted by Crippen LogP contribution is -2.04. The maximum Gasteiger partial charge on any atom is 0.148 e. The normalized spacial score (nSPS) is 10.7. The Bertz CT molecular complexity index is 501. The molecule has 1 heterocycles. The van der Waals surface area contributed by atoms with Crippen molar-refractivity contribution in [2.75, 3.05) is 7.05 Å². The van der Waals surface area contributed by atoms with E-state index in [0.717, 1.165) is 30.7 Å². The second kappa shape index (κ2) is 5.39. The van der Waals surface area contributed by atoms with E-state index in [-0.39, 0.29) is 0 Å². The van der Waals surface area contributed by atoms with E-state index in [2.05, 4.69) is 38.1 Å². The molecule has 0 radical (unpaired) electrons. The Labute approximate surface area is 116 Å². The van der Waals surface area contributed by atoms with Gasteiger partial charge in [-0.15, -0.1) is 10.2 Å². The highest BCUT2D eigenvalue weighted by Crippen LogP contribution is 2.30. The number of aromatic nitrogens is 2. The summed E-state index contributed by atoms with van der Waals surface area (Å²) >= 11 is 9.84. The first-order valence-electron chi connectivity index (χ1n) is 4.63. The number of benzene rings is 1. The molecule has 0 bridgehead atoms. The minimum atomic E-state index is 0.723. The molecular formula is C10H9ClIN3S. The molecule has 0 unspecified atom stereocenters. The molecule has 1 N–H and O–H groups in total. The zero-order chi connectivity index (χ0) is 11.5. The lowest BCUT2D eigenvalue weighted by Gasteiger charge is -1.99. The Kier molecular flexibility index (Phi) is 4.12. The average Bonchev–Trinajstić information content (AvgIpc) is 2.71. The molecule has 16 heavy (non-hydrogen) atoms. The van der Waals surface area contributed by atoms with Gasteiger partial charge in [-0.25, -0.2) is 0 Å². The summed E-state index contributed by atoms with van der Waals surface area (Å²) in [5.74, 6) is 0. The van der Waals surface area contributed by atoms with Gasteiger partial charge in [0, 0.05) is 20.7 Å². The molecule has 0 aliphatic carbocycles. The van der Waals surface area contributed by atoms with Crippen LogP contribution in [-0.2, 0) is 6.54 Å². The maximum absolute atomic E-state index is 5.98. The van der Waals surface area contributed by atoms with E-state index in [0.29, 0.717) is 0 Å². The molecule has 0 aliphatic heterocycles. The molecule has 6 heteroatoms. The first-order chi connectivity index (χ1) is 7.70. The summed E-state index contributed by atoms with van der Waals surface area (Å²) in [5.41, 5.74) is 1.05. The van der Waals surface area contributed by atoms with E-state index < -0.39 is 0 Å². The Morgan fingerprint density at radius 3 is 3.00 bits per heavy atom. The van der Waals surface area contributed by atoms with Crippen molar-refractivity contribution in [3.63, 3.8) is 0 Å². The smallest absolute Gasteiger partial charge is 0.148 e. The lowest BCUT2D eigenvalue weighted by atomic mass is 10.2. The van der Waals surface area contributed by atoms with Crippen LogP contribution in [0.2, 0.25) is 5.02 Å². The predicted molar refractivity (Wildman–Crippen MR) is 75.8 cm³/mol. The van der Waals surface area contributed by atoms with Crippen molar-refractivity contribution in [1.82, 2.24) is 15.5 Å². The van der Waals surface area contributed by atoms with Crippen LogP contribution in [0.3, 0.4) is 0 Å².